The smallest absolute Gasteiger partial charge is 0.233 e. The number of halogens is 1. The molecule has 0 radical (unpaired) electrons. The van der Waals surface area contributed by atoms with E-state index in [-0.39, 0.29) is 11.5 Å². The zero-order chi connectivity index (χ0) is 12.4. The molecule has 16 heavy (non-hydrogen) atoms. The van der Waals surface area contributed by atoms with E-state index in [4.69, 9.17) is 10.7 Å². The molecule has 0 aliphatic heterocycles. The van der Waals surface area contributed by atoms with E-state index in [1.54, 1.807) is 18.2 Å². The molecule has 1 N–H and O–H groups in total. The molecular weight excluding hydrogens is 248 g/mol. The number of benzene rings is 1. The van der Waals surface area contributed by atoms with Crippen molar-refractivity contribution in [2.24, 2.45) is 5.41 Å². The minimum Gasteiger partial charge on any atom is -0.508 e. The van der Waals surface area contributed by atoms with Gasteiger partial charge in [-0.1, -0.05) is 26.0 Å². The van der Waals surface area contributed by atoms with Crippen LogP contribution in [-0.2, 0) is 15.5 Å². The monoisotopic (exact) mass is 262 g/mol. The number of phenolic OH excluding ortho intramolecular Hbond substituents is 1. The zero-order valence-electron chi connectivity index (χ0n) is 9.27. The molecule has 0 saturated carbocycles. The zero-order valence-corrected chi connectivity index (χ0v) is 10.8. The predicted molar refractivity (Wildman–Crippen MR) is 65.2 cm³/mol. The highest BCUT2D eigenvalue weighted by molar-refractivity contribution is 8.13. The Hall–Kier alpha value is -0.740. The summed E-state index contributed by atoms with van der Waals surface area (Å²) in [5, 5.41) is 9.30. The number of hydrogen-bond acceptors (Lipinski definition) is 3. The summed E-state index contributed by atoms with van der Waals surface area (Å²) in [4.78, 5) is 0. The molecule has 0 aromatic heterocycles. The van der Waals surface area contributed by atoms with Crippen molar-refractivity contribution in [1.29, 1.82) is 0 Å². The lowest BCUT2D eigenvalue weighted by Gasteiger charge is -2.22. The van der Waals surface area contributed by atoms with Crippen LogP contribution in [0.3, 0.4) is 0 Å². The second kappa shape index (κ2) is 4.63. The molecule has 1 aromatic rings. The van der Waals surface area contributed by atoms with Crippen molar-refractivity contribution in [2.75, 3.05) is 5.75 Å². The van der Waals surface area contributed by atoms with Gasteiger partial charge in [-0.15, -0.1) is 0 Å². The number of phenols is 1. The summed E-state index contributed by atoms with van der Waals surface area (Å²) in [6.07, 6.45) is 0.549. The number of rotatable bonds is 4. The van der Waals surface area contributed by atoms with Crippen LogP contribution in [0.1, 0.15) is 19.4 Å². The fraction of sp³-hybridized carbons (Fsp3) is 0.455. The fourth-order valence-corrected chi connectivity index (χ4v) is 3.66. The molecule has 90 valence electrons. The molecule has 0 saturated heterocycles. The highest BCUT2D eigenvalue weighted by Gasteiger charge is 2.25. The first kappa shape index (κ1) is 13.3. The van der Waals surface area contributed by atoms with Gasteiger partial charge in [0.25, 0.3) is 0 Å². The standard InChI is InChI=1S/C11H15ClO3S/c1-11(2,8-16(12,14)15)7-9-4-3-5-10(13)6-9/h3-6,13H,7-8H2,1-2H3. The average Bonchev–Trinajstić information content (AvgIpc) is 1.96. The van der Waals surface area contributed by atoms with Crippen molar-refractivity contribution < 1.29 is 13.5 Å². The van der Waals surface area contributed by atoms with E-state index >= 15 is 0 Å². The van der Waals surface area contributed by atoms with Gasteiger partial charge in [0.2, 0.25) is 9.05 Å². The molecule has 1 aromatic carbocycles. The van der Waals surface area contributed by atoms with Gasteiger partial charge < -0.3 is 5.11 Å². The summed E-state index contributed by atoms with van der Waals surface area (Å²) in [7, 11) is 1.74. The van der Waals surface area contributed by atoms with Crippen molar-refractivity contribution in [1.82, 2.24) is 0 Å². The number of aromatic hydroxyl groups is 1. The van der Waals surface area contributed by atoms with E-state index in [9.17, 15) is 13.5 Å². The summed E-state index contributed by atoms with van der Waals surface area (Å²) in [5.74, 6) is 0.0963. The SMILES string of the molecule is CC(C)(Cc1cccc(O)c1)CS(=O)(=O)Cl. The van der Waals surface area contributed by atoms with Crippen LogP contribution in [0, 0.1) is 5.41 Å². The lowest BCUT2D eigenvalue weighted by atomic mass is 9.88. The Bertz CT molecular complexity index is 466. The van der Waals surface area contributed by atoms with Gasteiger partial charge in [-0.2, -0.15) is 0 Å². The normalized spacial score (nSPS) is 12.7. The maximum absolute atomic E-state index is 11.0. The summed E-state index contributed by atoms with van der Waals surface area (Å²) in [5.41, 5.74) is 0.444. The van der Waals surface area contributed by atoms with E-state index in [1.165, 1.54) is 0 Å². The summed E-state index contributed by atoms with van der Waals surface area (Å²) < 4.78 is 22.0. The summed E-state index contributed by atoms with van der Waals surface area (Å²) in [6.45, 7) is 3.66. The van der Waals surface area contributed by atoms with Gasteiger partial charge in [-0.3, -0.25) is 0 Å². The molecule has 0 heterocycles. The van der Waals surface area contributed by atoms with Crippen LogP contribution >= 0.6 is 10.7 Å². The van der Waals surface area contributed by atoms with Crippen molar-refractivity contribution >= 4 is 19.7 Å². The third-order valence-corrected chi connectivity index (χ3v) is 3.61. The van der Waals surface area contributed by atoms with Crippen molar-refractivity contribution in [3.05, 3.63) is 29.8 Å². The predicted octanol–water partition coefficient (Wildman–Crippen LogP) is 2.53. The van der Waals surface area contributed by atoms with Crippen LogP contribution in [-0.4, -0.2) is 19.3 Å². The van der Waals surface area contributed by atoms with Gasteiger partial charge in [0, 0.05) is 10.7 Å². The molecule has 0 bridgehead atoms. The fourth-order valence-electron chi connectivity index (χ4n) is 1.74. The highest BCUT2D eigenvalue weighted by atomic mass is 35.7. The third kappa shape index (κ3) is 4.86. The lowest BCUT2D eigenvalue weighted by molar-refractivity contribution is 0.410. The Morgan fingerprint density at radius 3 is 2.50 bits per heavy atom. The van der Waals surface area contributed by atoms with Crippen LogP contribution in [0.5, 0.6) is 5.75 Å². The van der Waals surface area contributed by atoms with Gasteiger partial charge in [0.1, 0.15) is 5.75 Å². The Morgan fingerprint density at radius 2 is 2.00 bits per heavy atom. The second-order valence-electron chi connectivity index (χ2n) is 4.69. The lowest BCUT2D eigenvalue weighted by Crippen LogP contribution is -2.23. The molecule has 0 aliphatic rings. The van der Waals surface area contributed by atoms with E-state index in [1.807, 2.05) is 19.9 Å². The average molecular weight is 263 g/mol. The van der Waals surface area contributed by atoms with Crippen LogP contribution in [0.15, 0.2) is 24.3 Å². The van der Waals surface area contributed by atoms with Crippen LogP contribution in [0.2, 0.25) is 0 Å². The van der Waals surface area contributed by atoms with Gasteiger partial charge in [0.05, 0.1) is 5.75 Å². The second-order valence-corrected chi connectivity index (χ2v) is 7.47. The van der Waals surface area contributed by atoms with Crippen molar-refractivity contribution in [3.8, 4) is 5.75 Å². The molecule has 0 amide bonds. The molecule has 0 fully saturated rings. The van der Waals surface area contributed by atoms with Crippen LogP contribution in [0.4, 0.5) is 0 Å². The molecular formula is C11H15ClO3S. The molecule has 5 heteroatoms. The van der Waals surface area contributed by atoms with Gasteiger partial charge >= 0.3 is 0 Å². The van der Waals surface area contributed by atoms with E-state index in [0.717, 1.165) is 5.56 Å². The Labute approximate surface area is 100 Å². The Kier molecular flexibility index (Phi) is 3.86. The minimum atomic E-state index is -3.50. The number of hydrogen-bond donors (Lipinski definition) is 1. The Morgan fingerprint density at radius 1 is 1.38 bits per heavy atom. The van der Waals surface area contributed by atoms with Gasteiger partial charge in [-0.25, -0.2) is 8.42 Å². The molecule has 0 spiro atoms. The van der Waals surface area contributed by atoms with E-state index in [2.05, 4.69) is 0 Å². The molecule has 0 aliphatic carbocycles. The largest absolute Gasteiger partial charge is 0.508 e. The quantitative estimate of drug-likeness (QED) is 0.849. The molecule has 1 rings (SSSR count). The minimum absolute atomic E-state index is 0.0861. The highest BCUT2D eigenvalue weighted by Crippen LogP contribution is 2.26. The summed E-state index contributed by atoms with van der Waals surface area (Å²) >= 11 is 0. The first-order chi connectivity index (χ1) is 7.18. The topological polar surface area (TPSA) is 54.4 Å². The first-order valence-corrected chi connectivity index (χ1v) is 7.36. The van der Waals surface area contributed by atoms with Crippen molar-refractivity contribution in [2.45, 2.75) is 20.3 Å². The summed E-state index contributed by atoms with van der Waals surface area (Å²) in [6, 6.07) is 6.79. The maximum Gasteiger partial charge on any atom is 0.233 e. The Balaban J connectivity index is 2.80. The van der Waals surface area contributed by atoms with Crippen LogP contribution < -0.4 is 0 Å². The van der Waals surface area contributed by atoms with E-state index in [0.29, 0.717) is 6.42 Å². The third-order valence-electron chi connectivity index (χ3n) is 2.16. The maximum atomic E-state index is 11.0. The van der Waals surface area contributed by atoms with Gasteiger partial charge in [0.15, 0.2) is 0 Å². The van der Waals surface area contributed by atoms with Crippen molar-refractivity contribution in [3.63, 3.8) is 0 Å². The van der Waals surface area contributed by atoms with Crippen LogP contribution in [0.25, 0.3) is 0 Å². The van der Waals surface area contributed by atoms with E-state index < -0.39 is 14.5 Å². The molecule has 0 unspecified atom stereocenters. The first-order valence-electron chi connectivity index (χ1n) is 4.88. The van der Waals surface area contributed by atoms with Gasteiger partial charge in [-0.05, 0) is 29.5 Å². The molecule has 0 atom stereocenters. The molecule has 3 nitrogen and oxygen atoms in total.